The van der Waals surface area contributed by atoms with Gasteiger partial charge in [0.2, 0.25) is 0 Å². The molecule has 1 heterocycles. The Morgan fingerprint density at radius 1 is 1.23 bits per heavy atom. The number of amides is 1. The molecule has 144 valence electrons. The fourth-order valence-electron chi connectivity index (χ4n) is 3.78. The number of sulfone groups is 1. The van der Waals surface area contributed by atoms with Crippen LogP contribution in [-0.2, 0) is 9.84 Å². The van der Waals surface area contributed by atoms with E-state index < -0.39 is 9.84 Å². The molecule has 1 saturated heterocycles. The van der Waals surface area contributed by atoms with Crippen molar-refractivity contribution in [2.24, 2.45) is 11.8 Å². The van der Waals surface area contributed by atoms with Crippen LogP contribution in [0.25, 0.3) is 0 Å². The second-order valence-corrected chi connectivity index (χ2v) is 10.2. The molecule has 0 aromatic heterocycles. The van der Waals surface area contributed by atoms with Crippen molar-refractivity contribution >= 4 is 15.7 Å². The first kappa shape index (κ1) is 19.4. The molecule has 0 N–H and O–H groups in total. The highest BCUT2D eigenvalue weighted by Crippen LogP contribution is 2.32. The van der Waals surface area contributed by atoms with Crippen molar-refractivity contribution < 1.29 is 13.2 Å². The van der Waals surface area contributed by atoms with Gasteiger partial charge >= 0.3 is 0 Å². The van der Waals surface area contributed by atoms with Crippen LogP contribution in [0.1, 0.15) is 43.5 Å². The largest absolute Gasteiger partial charge is 0.337 e. The van der Waals surface area contributed by atoms with E-state index in [9.17, 15) is 13.2 Å². The highest BCUT2D eigenvalue weighted by Gasteiger charge is 2.33. The maximum Gasteiger partial charge on any atom is 0.253 e. The highest BCUT2D eigenvalue weighted by molar-refractivity contribution is 7.90. The Morgan fingerprint density at radius 3 is 2.58 bits per heavy atom. The number of carbonyl (C=O) groups is 1. The van der Waals surface area contributed by atoms with Crippen molar-refractivity contribution in [3.05, 3.63) is 29.8 Å². The minimum absolute atomic E-state index is 0.0607. The Balaban J connectivity index is 1.78. The van der Waals surface area contributed by atoms with Crippen LogP contribution in [0.2, 0.25) is 0 Å². The lowest BCUT2D eigenvalue weighted by Gasteiger charge is -2.34. The van der Waals surface area contributed by atoms with E-state index in [2.05, 4.69) is 18.7 Å². The fraction of sp³-hybridized carbons (Fsp3) is 0.650. The van der Waals surface area contributed by atoms with Gasteiger partial charge in [-0.3, -0.25) is 9.69 Å². The van der Waals surface area contributed by atoms with Gasteiger partial charge in [-0.1, -0.05) is 19.9 Å². The van der Waals surface area contributed by atoms with Crippen LogP contribution in [0.3, 0.4) is 0 Å². The van der Waals surface area contributed by atoms with Gasteiger partial charge in [0.25, 0.3) is 5.91 Å². The van der Waals surface area contributed by atoms with E-state index in [4.69, 9.17) is 0 Å². The zero-order valence-corrected chi connectivity index (χ0v) is 16.8. The Hall–Kier alpha value is -1.40. The second-order valence-electron chi connectivity index (χ2n) is 8.15. The van der Waals surface area contributed by atoms with Gasteiger partial charge in [0.05, 0.1) is 4.90 Å². The monoisotopic (exact) mass is 378 g/mol. The molecule has 26 heavy (non-hydrogen) atoms. The van der Waals surface area contributed by atoms with Gasteiger partial charge in [-0.2, -0.15) is 0 Å². The number of hydrogen-bond donors (Lipinski definition) is 0. The lowest BCUT2D eigenvalue weighted by molar-refractivity contribution is 0.0704. The van der Waals surface area contributed by atoms with Gasteiger partial charge in [-0.05, 0) is 49.3 Å². The number of benzene rings is 1. The van der Waals surface area contributed by atoms with E-state index in [1.807, 2.05) is 4.90 Å². The first-order chi connectivity index (χ1) is 12.3. The molecule has 1 aliphatic carbocycles. The van der Waals surface area contributed by atoms with Crippen LogP contribution < -0.4 is 0 Å². The molecule has 0 bridgehead atoms. The standard InChI is InChI=1S/C20H30N2O3S/c1-15(2)19-14-22(11-5-10-21(19)13-16-8-9-16)20(23)17-6-4-7-18(12-17)26(3,24)25/h4,6-7,12,15-16,19H,5,8-11,13-14H2,1-3H3/t19-/m1/s1. The zero-order chi connectivity index (χ0) is 18.9. The van der Waals surface area contributed by atoms with Crippen molar-refractivity contribution in [3.8, 4) is 0 Å². The summed E-state index contributed by atoms with van der Waals surface area (Å²) in [7, 11) is -3.32. The van der Waals surface area contributed by atoms with E-state index in [1.54, 1.807) is 18.2 Å². The van der Waals surface area contributed by atoms with Crippen molar-refractivity contribution in [2.75, 3.05) is 32.4 Å². The summed E-state index contributed by atoms with van der Waals surface area (Å²) in [5.41, 5.74) is 0.464. The van der Waals surface area contributed by atoms with Crippen LogP contribution >= 0.6 is 0 Å². The van der Waals surface area contributed by atoms with Crippen LogP contribution in [0.4, 0.5) is 0 Å². The maximum absolute atomic E-state index is 13.1. The molecule has 2 fully saturated rings. The van der Waals surface area contributed by atoms with E-state index in [0.717, 1.165) is 32.0 Å². The summed E-state index contributed by atoms with van der Waals surface area (Å²) in [5, 5.41) is 0. The summed E-state index contributed by atoms with van der Waals surface area (Å²) in [6.07, 6.45) is 4.81. The third-order valence-electron chi connectivity index (χ3n) is 5.51. The molecule has 1 aliphatic heterocycles. The third kappa shape index (κ3) is 4.65. The van der Waals surface area contributed by atoms with Crippen LogP contribution in [0.15, 0.2) is 29.2 Å². The summed E-state index contributed by atoms with van der Waals surface area (Å²) in [4.78, 5) is 17.7. The van der Waals surface area contributed by atoms with Crippen LogP contribution in [0, 0.1) is 11.8 Å². The predicted molar refractivity (Wildman–Crippen MR) is 103 cm³/mol. The maximum atomic E-state index is 13.1. The number of rotatable bonds is 5. The molecule has 1 aromatic rings. The average Bonchev–Trinajstić information content (AvgIpc) is 3.41. The molecule has 0 unspecified atom stereocenters. The van der Waals surface area contributed by atoms with Gasteiger partial charge in [-0.15, -0.1) is 0 Å². The van der Waals surface area contributed by atoms with Crippen molar-refractivity contribution in [1.29, 1.82) is 0 Å². The summed E-state index contributed by atoms with van der Waals surface area (Å²) < 4.78 is 23.6. The smallest absolute Gasteiger partial charge is 0.253 e. The molecule has 0 radical (unpaired) electrons. The lowest BCUT2D eigenvalue weighted by atomic mass is 10.0. The first-order valence-corrected chi connectivity index (χ1v) is 11.5. The number of nitrogens with zero attached hydrogens (tertiary/aromatic N) is 2. The Morgan fingerprint density at radius 2 is 1.96 bits per heavy atom. The highest BCUT2D eigenvalue weighted by atomic mass is 32.2. The first-order valence-electron chi connectivity index (χ1n) is 9.59. The number of carbonyl (C=O) groups excluding carboxylic acids is 1. The third-order valence-corrected chi connectivity index (χ3v) is 6.62. The Bertz CT molecular complexity index is 756. The minimum Gasteiger partial charge on any atom is -0.337 e. The average molecular weight is 379 g/mol. The fourth-order valence-corrected chi connectivity index (χ4v) is 4.45. The second kappa shape index (κ2) is 7.69. The Labute approximate surface area is 157 Å². The van der Waals surface area contributed by atoms with Gasteiger partial charge in [0.15, 0.2) is 9.84 Å². The predicted octanol–water partition coefficient (Wildman–Crippen LogP) is 2.67. The Kier molecular flexibility index (Phi) is 5.72. The quantitative estimate of drug-likeness (QED) is 0.790. The molecule has 5 nitrogen and oxygen atoms in total. The zero-order valence-electron chi connectivity index (χ0n) is 16.0. The van der Waals surface area contributed by atoms with Gasteiger partial charge in [0, 0.05) is 44.0 Å². The summed E-state index contributed by atoms with van der Waals surface area (Å²) in [6.45, 7) is 8.07. The summed E-state index contributed by atoms with van der Waals surface area (Å²) in [5.74, 6) is 1.25. The van der Waals surface area contributed by atoms with E-state index >= 15 is 0 Å². The van der Waals surface area contributed by atoms with E-state index in [0.29, 0.717) is 24.1 Å². The molecular formula is C20H30N2O3S. The van der Waals surface area contributed by atoms with Crippen molar-refractivity contribution in [1.82, 2.24) is 9.80 Å². The molecule has 1 atom stereocenters. The van der Waals surface area contributed by atoms with E-state index in [1.165, 1.54) is 25.2 Å². The molecule has 2 aliphatic rings. The molecule has 0 spiro atoms. The van der Waals surface area contributed by atoms with Crippen molar-refractivity contribution in [3.63, 3.8) is 0 Å². The molecule has 1 aromatic carbocycles. The SMILES string of the molecule is CC(C)[C@H]1CN(C(=O)c2cccc(S(C)(=O)=O)c2)CCCN1CC1CC1. The summed E-state index contributed by atoms with van der Waals surface area (Å²) >= 11 is 0. The molecule has 1 amide bonds. The van der Waals surface area contributed by atoms with Gasteiger partial charge in [0.1, 0.15) is 0 Å². The molecular weight excluding hydrogens is 348 g/mol. The summed E-state index contributed by atoms with van der Waals surface area (Å²) in [6, 6.07) is 6.78. The van der Waals surface area contributed by atoms with Crippen LogP contribution in [0.5, 0.6) is 0 Å². The van der Waals surface area contributed by atoms with Gasteiger partial charge in [-0.25, -0.2) is 8.42 Å². The lowest BCUT2D eigenvalue weighted by Crippen LogP contribution is -2.46. The van der Waals surface area contributed by atoms with Gasteiger partial charge < -0.3 is 4.90 Å². The molecule has 6 heteroatoms. The normalized spacial score (nSPS) is 22.5. The molecule has 1 saturated carbocycles. The minimum atomic E-state index is -3.32. The molecule has 3 rings (SSSR count). The topological polar surface area (TPSA) is 57.7 Å². The van der Waals surface area contributed by atoms with Crippen molar-refractivity contribution in [2.45, 2.75) is 44.0 Å². The van der Waals surface area contributed by atoms with Crippen LogP contribution in [-0.4, -0.2) is 62.6 Å². The number of hydrogen-bond acceptors (Lipinski definition) is 4. The van der Waals surface area contributed by atoms with E-state index in [-0.39, 0.29) is 10.8 Å².